The lowest BCUT2D eigenvalue weighted by atomic mass is 10.1. The number of hydrogen-bond donors (Lipinski definition) is 1. The molecule has 0 bridgehead atoms. The van der Waals surface area contributed by atoms with Crippen LogP contribution in [0.3, 0.4) is 0 Å². The topological polar surface area (TPSA) is 24.4 Å². The predicted octanol–water partition coefficient (Wildman–Crippen LogP) is 3.33. The molecule has 2 nitrogen and oxygen atoms in total. The number of allylic oxidation sites excluding steroid dienone is 3. The molecule has 0 aromatic rings. The van der Waals surface area contributed by atoms with Crippen molar-refractivity contribution in [2.24, 2.45) is 4.99 Å². The number of rotatable bonds is 2. The molecule has 1 aliphatic rings. The van der Waals surface area contributed by atoms with Gasteiger partial charge in [0.15, 0.2) is 0 Å². The molecule has 14 heavy (non-hydrogen) atoms. The van der Waals surface area contributed by atoms with Crippen LogP contribution in [0.2, 0.25) is 0 Å². The van der Waals surface area contributed by atoms with E-state index in [4.69, 9.17) is 11.6 Å². The molecule has 0 aromatic carbocycles. The van der Waals surface area contributed by atoms with Crippen LogP contribution in [0, 0.1) is 0 Å². The Balaban J connectivity index is 3.00. The van der Waals surface area contributed by atoms with Gasteiger partial charge < -0.3 is 5.32 Å². The first-order valence-electron chi connectivity index (χ1n) is 4.72. The van der Waals surface area contributed by atoms with Crippen LogP contribution in [0.5, 0.6) is 0 Å². The average Bonchev–Trinajstić information content (AvgIpc) is 2.64. The zero-order valence-electron chi connectivity index (χ0n) is 8.76. The molecule has 0 saturated heterocycles. The molecule has 1 heterocycles. The monoisotopic (exact) mass is 210 g/mol. The van der Waals surface area contributed by atoms with Crippen molar-refractivity contribution in [1.82, 2.24) is 5.32 Å². The van der Waals surface area contributed by atoms with Crippen LogP contribution >= 0.6 is 11.6 Å². The fourth-order valence-electron chi connectivity index (χ4n) is 1.15. The summed E-state index contributed by atoms with van der Waals surface area (Å²) in [6.45, 7) is 6.08. The minimum Gasteiger partial charge on any atom is -0.360 e. The fourth-order valence-corrected chi connectivity index (χ4v) is 1.24. The zero-order chi connectivity index (χ0) is 10.6. The minimum absolute atomic E-state index is 0.523. The van der Waals surface area contributed by atoms with Crippen LogP contribution in [0.15, 0.2) is 39.8 Å². The van der Waals surface area contributed by atoms with Crippen molar-refractivity contribution in [1.29, 1.82) is 0 Å². The summed E-state index contributed by atoms with van der Waals surface area (Å²) in [5.74, 6) is 0. The summed E-state index contributed by atoms with van der Waals surface area (Å²) >= 11 is 5.85. The van der Waals surface area contributed by atoms with Gasteiger partial charge in [0.2, 0.25) is 0 Å². The molecule has 0 atom stereocenters. The Morgan fingerprint density at radius 2 is 2.36 bits per heavy atom. The molecular formula is C11H15ClN2. The SMILES string of the molecule is C/C=C(Cl)/N=C1/C=CN/C1=C(/C)CC. The quantitative estimate of drug-likeness (QED) is 0.695. The van der Waals surface area contributed by atoms with E-state index in [-0.39, 0.29) is 0 Å². The van der Waals surface area contributed by atoms with Crippen molar-refractivity contribution in [2.45, 2.75) is 27.2 Å². The first-order valence-corrected chi connectivity index (χ1v) is 5.10. The van der Waals surface area contributed by atoms with Crippen molar-refractivity contribution in [2.75, 3.05) is 0 Å². The number of nitrogens with one attached hydrogen (secondary N) is 1. The van der Waals surface area contributed by atoms with Crippen molar-refractivity contribution in [3.05, 3.63) is 34.8 Å². The van der Waals surface area contributed by atoms with E-state index in [1.165, 1.54) is 5.57 Å². The maximum Gasteiger partial charge on any atom is 0.125 e. The number of aliphatic imine (C=N–C) groups is 1. The fraction of sp³-hybridized carbons (Fsp3) is 0.364. The van der Waals surface area contributed by atoms with E-state index in [1.54, 1.807) is 6.08 Å². The molecule has 0 radical (unpaired) electrons. The molecule has 3 heteroatoms. The second-order valence-corrected chi connectivity index (χ2v) is 3.48. The lowest BCUT2D eigenvalue weighted by molar-refractivity contribution is 1.02. The summed E-state index contributed by atoms with van der Waals surface area (Å²) in [5, 5.41) is 3.69. The molecule has 1 N–H and O–H groups in total. The van der Waals surface area contributed by atoms with Gasteiger partial charge in [-0.1, -0.05) is 24.6 Å². The molecule has 0 aromatic heterocycles. The normalized spacial score (nSPS) is 22.9. The van der Waals surface area contributed by atoms with Crippen molar-refractivity contribution >= 4 is 17.3 Å². The van der Waals surface area contributed by atoms with Crippen molar-refractivity contribution < 1.29 is 0 Å². The Kier molecular flexibility index (Phi) is 3.96. The Bertz CT molecular complexity index is 335. The van der Waals surface area contributed by atoms with Gasteiger partial charge in [0.25, 0.3) is 0 Å². The number of halogens is 1. The molecule has 0 fully saturated rings. The van der Waals surface area contributed by atoms with Crippen LogP contribution in [0.1, 0.15) is 27.2 Å². The van der Waals surface area contributed by atoms with Crippen molar-refractivity contribution in [3.8, 4) is 0 Å². The Morgan fingerprint density at radius 3 is 2.93 bits per heavy atom. The first kappa shape index (κ1) is 11.1. The van der Waals surface area contributed by atoms with E-state index in [9.17, 15) is 0 Å². The van der Waals surface area contributed by atoms with Gasteiger partial charge in [0.1, 0.15) is 5.16 Å². The van der Waals surface area contributed by atoms with Gasteiger partial charge in [0, 0.05) is 6.20 Å². The van der Waals surface area contributed by atoms with E-state index >= 15 is 0 Å². The molecule has 0 spiro atoms. The molecule has 1 aliphatic heterocycles. The second-order valence-electron chi connectivity index (χ2n) is 3.09. The largest absolute Gasteiger partial charge is 0.360 e. The Hall–Kier alpha value is -1.02. The molecular weight excluding hydrogens is 196 g/mol. The van der Waals surface area contributed by atoms with E-state index in [2.05, 4.69) is 24.2 Å². The highest BCUT2D eigenvalue weighted by molar-refractivity contribution is 6.30. The highest BCUT2D eigenvalue weighted by Gasteiger charge is 2.11. The van der Waals surface area contributed by atoms with Crippen LogP contribution in [0.25, 0.3) is 0 Å². The highest BCUT2D eigenvalue weighted by Crippen LogP contribution is 2.15. The number of nitrogens with zero attached hydrogens (tertiary/aromatic N) is 1. The molecule has 0 unspecified atom stereocenters. The molecule has 0 aliphatic carbocycles. The van der Waals surface area contributed by atoms with Crippen LogP contribution in [-0.4, -0.2) is 5.71 Å². The summed E-state index contributed by atoms with van der Waals surface area (Å²) in [4.78, 5) is 4.28. The van der Waals surface area contributed by atoms with Gasteiger partial charge >= 0.3 is 0 Å². The van der Waals surface area contributed by atoms with Gasteiger partial charge in [-0.3, -0.25) is 0 Å². The molecule has 1 rings (SSSR count). The Labute approximate surface area is 90.1 Å². The Morgan fingerprint density at radius 1 is 1.64 bits per heavy atom. The summed E-state index contributed by atoms with van der Waals surface area (Å²) in [6, 6.07) is 0. The third-order valence-corrected chi connectivity index (χ3v) is 2.45. The van der Waals surface area contributed by atoms with E-state index in [1.807, 2.05) is 19.2 Å². The van der Waals surface area contributed by atoms with E-state index in [0.717, 1.165) is 17.8 Å². The van der Waals surface area contributed by atoms with Gasteiger partial charge in [-0.2, -0.15) is 0 Å². The maximum atomic E-state index is 5.85. The van der Waals surface area contributed by atoms with Gasteiger partial charge in [-0.15, -0.1) is 0 Å². The minimum atomic E-state index is 0.523. The summed E-state index contributed by atoms with van der Waals surface area (Å²) in [6.07, 6.45) is 6.60. The third kappa shape index (κ3) is 2.48. The van der Waals surface area contributed by atoms with Crippen molar-refractivity contribution in [3.63, 3.8) is 0 Å². The third-order valence-electron chi connectivity index (χ3n) is 2.15. The standard InChI is InChI=1S/C11H15ClN2/c1-4-8(3)11-9(6-7-13-11)14-10(12)5-2/h5-7,13H,4H2,1-3H3/b10-5+,11-8-,14-9-. The van der Waals surface area contributed by atoms with E-state index < -0.39 is 0 Å². The first-order chi connectivity index (χ1) is 6.69. The van der Waals surface area contributed by atoms with Crippen LogP contribution in [-0.2, 0) is 0 Å². The van der Waals surface area contributed by atoms with Crippen LogP contribution < -0.4 is 5.32 Å². The van der Waals surface area contributed by atoms with Gasteiger partial charge in [-0.25, -0.2) is 4.99 Å². The molecule has 76 valence electrons. The van der Waals surface area contributed by atoms with E-state index in [0.29, 0.717) is 5.16 Å². The second kappa shape index (κ2) is 5.01. The van der Waals surface area contributed by atoms with Gasteiger partial charge in [0.05, 0.1) is 11.4 Å². The highest BCUT2D eigenvalue weighted by atomic mass is 35.5. The van der Waals surface area contributed by atoms with Crippen LogP contribution in [0.4, 0.5) is 0 Å². The lowest BCUT2D eigenvalue weighted by Crippen LogP contribution is -2.08. The van der Waals surface area contributed by atoms with Gasteiger partial charge in [-0.05, 0) is 31.9 Å². The summed E-state index contributed by atoms with van der Waals surface area (Å²) in [7, 11) is 0. The number of hydrogen-bond acceptors (Lipinski definition) is 2. The maximum absolute atomic E-state index is 5.85. The lowest BCUT2D eigenvalue weighted by Gasteiger charge is -2.05. The zero-order valence-corrected chi connectivity index (χ0v) is 9.52. The summed E-state index contributed by atoms with van der Waals surface area (Å²) < 4.78 is 0. The summed E-state index contributed by atoms with van der Waals surface area (Å²) in [5.41, 5.74) is 3.27. The molecule has 0 saturated carbocycles. The predicted molar refractivity (Wildman–Crippen MR) is 62.3 cm³/mol. The average molecular weight is 211 g/mol. The smallest absolute Gasteiger partial charge is 0.125 e. The molecule has 0 amide bonds.